The average molecular weight is 194 g/mol. The Hall–Kier alpha value is -1.01. The third kappa shape index (κ3) is 2.27. The summed E-state index contributed by atoms with van der Waals surface area (Å²) in [5.41, 5.74) is 5.64. The molecule has 0 spiro atoms. The van der Waals surface area contributed by atoms with Crippen LogP contribution in [0.2, 0.25) is 0 Å². The molecule has 0 bridgehead atoms. The predicted octanol–water partition coefficient (Wildman–Crippen LogP) is 0.596. The zero-order chi connectivity index (χ0) is 10.6. The fraction of sp³-hybridized carbons (Fsp3) is 0.727. The summed E-state index contributed by atoms with van der Waals surface area (Å²) in [7, 11) is 0. The minimum Gasteiger partial charge on any atom is -0.328 e. The van der Waals surface area contributed by atoms with Gasteiger partial charge in [-0.2, -0.15) is 0 Å². The maximum Gasteiger partial charge on any atom is 0.298 e. The van der Waals surface area contributed by atoms with Crippen molar-refractivity contribution in [3.63, 3.8) is 0 Å². The van der Waals surface area contributed by atoms with Crippen LogP contribution >= 0.6 is 0 Å². The normalized spacial score (nSPS) is 27.1. The highest BCUT2D eigenvalue weighted by Gasteiger charge is 2.28. The Labute approximate surface area is 85.6 Å². The molecule has 0 saturated carbocycles. The van der Waals surface area contributed by atoms with E-state index in [-0.39, 0.29) is 11.9 Å². The second-order valence-corrected chi connectivity index (χ2v) is 3.83. The van der Waals surface area contributed by atoms with Crippen molar-refractivity contribution >= 4 is 5.91 Å². The van der Waals surface area contributed by atoms with Crippen molar-refractivity contribution in [2.45, 2.75) is 32.2 Å². The first-order valence-electron chi connectivity index (χ1n) is 5.20. The third-order valence-corrected chi connectivity index (χ3v) is 3.06. The molecule has 14 heavy (non-hydrogen) atoms. The lowest BCUT2D eigenvalue weighted by molar-refractivity contribution is -0.129. The molecule has 0 aromatic rings. The smallest absolute Gasteiger partial charge is 0.298 e. The molecule has 0 aromatic heterocycles. The standard InChI is InChI=1S/C11H18N2O/c1-3-9-5-6-13(11(14)4-2)10(7-9)8-12/h2,9-10H,3,5-8,12H2,1H3. The van der Waals surface area contributed by atoms with Crippen molar-refractivity contribution in [2.24, 2.45) is 11.7 Å². The first-order valence-corrected chi connectivity index (χ1v) is 5.20. The minimum atomic E-state index is -0.213. The highest BCUT2D eigenvalue weighted by molar-refractivity contribution is 5.93. The molecule has 1 amide bonds. The number of nitrogens with two attached hydrogens (primary N) is 1. The number of nitrogens with zero attached hydrogens (tertiary/aromatic N) is 1. The molecule has 1 saturated heterocycles. The summed E-state index contributed by atoms with van der Waals surface area (Å²) in [6.07, 6.45) is 8.32. The maximum atomic E-state index is 11.4. The molecule has 1 aliphatic rings. The van der Waals surface area contributed by atoms with E-state index >= 15 is 0 Å². The van der Waals surface area contributed by atoms with E-state index in [0.717, 1.165) is 25.8 Å². The number of hydrogen-bond acceptors (Lipinski definition) is 2. The number of likely N-dealkylation sites (tertiary alicyclic amines) is 1. The summed E-state index contributed by atoms with van der Waals surface area (Å²) < 4.78 is 0. The topological polar surface area (TPSA) is 46.3 Å². The SMILES string of the molecule is C#CC(=O)N1CCC(CC)CC1CN. The van der Waals surface area contributed by atoms with Crippen molar-refractivity contribution in [3.05, 3.63) is 0 Å². The molecule has 3 nitrogen and oxygen atoms in total. The van der Waals surface area contributed by atoms with Gasteiger partial charge in [0.1, 0.15) is 0 Å². The van der Waals surface area contributed by atoms with Gasteiger partial charge in [-0.1, -0.05) is 13.3 Å². The van der Waals surface area contributed by atoms with Crippen molar-refractivity contribution < 1.29 is 4.79 Å². The van der Waals surface area contributed by atoms with Gasteiger partial charge in [-0.15, -0.1) is 6.42 Å². The molecular formula is C11H18N2O. The number of amides is 1. The molecule has 1 heterocycles. The van der Waals surface area contributed by atoms with Crippen LogP contribution in [0.5, 0.6) is 0 Å². The summed E-state index contributed by atoms with van der Waals surface area (Å²) in [6.45, 7) is 3.46. The van der Waals surface area contributed by atoms with Crippen LogP contribution < -0.4 is 5.73 Å². The maximum absolute atomic E-state index is 11.4. The van der Waals surface area contributed by atoms with Gasteiger partial charge in [0.2, 0.25) is 0 Å². The molecule has 0 aliphatic carbocycles. The Morgan fingerprint density at radius 1 is 1.71 bits per heavy atom. The summed E-state index contributed by atoms with van der Waals surface area (Å²) in [5.74, 6) is 2.65. The fourth-order valence-electron chi connectivity index (χ4n) is 2.08. The Kier molecular flexibility index (Phi) is 3.97. The Morgan fingerprint density at radius 3 is 2.93 bits per heavy atom. The molecule has 2 unspecified atom stereocenters. The number of rotatable bonds is 2. The molecular weight excluding hydrogens is 176 g/mol. The second-order valence-electron chi connectivity index (χ2n) is 3.83. The lowest BCUT2D eigenvalue weighted by Gasteiger charge is -2.37. The number of terminal acetylenes is 1. The number of piperidine rings is 1. The molecule has 0 radical (unpaired) electrons. The van der Waals surface area contributed by atoms with Gasteiger partial charge in [0, 0.05) is 19.1 Å². The van der Waals surface area contributed by atoms with Crippen LogP contribution in [-0.2, 0) is 4.79 Å². The van der Waals surface area contributed by atoms with Crippen molar-refractivity contribution in [3.8, 4) is 12.3 Å². The van der Waals surface area contributed by atoms with Gasteiger partial charge in [0.15, 0.2) is 0 Å². The van der Waals surface area contributed by atoms with E-state index in [4.69, 9.17) is 12.2 Å². The van der Waals surface area contributed by atoms with Crippen LogP contribution in [0.15, 0.2) is 0 Å². The van der Waals surface area contributed by atoms with Crippen LogP contribution in [0.25, 0.3) is 0 Å². The van der Waals surface area contributed by atoms with Crippen molar-refractivity contribution in [1.29, 1.82) is 0 Å². The van der Waals surface area contributed by atoms with E-state index in [0.29, 0.717) is 12.5 Å². The third-order valence-electron chi connectivity index (χ3n) is 3.06. The zero-order valence-electron chi connectivity index (χ0n) is 8.70. The first-order chi connectivity index (χ1) is 6.72. The first kappa shape index (κ1) is 11.1. The number of hydrogen-bond donors (Lipinski definition) is 1. The number of carbonyl (C=O) groups is 1. The van der Waals surface area contributed by atoms with Crippen LogP contribution in [0, 0.1) is 18.3 Å². The summed E-state index contributed by atoms with van der Waals surface area (Å²) >= 11 is 0. The monoisotopic (exact) mass is 194 g/mol. The molecule has 3 heteroatoms. The van der Waals surface area contributed by atoms with E-state index in [1.165, 1.54) is 0 Å². The molecule has 2 N–H and O–H groups in total. The molecule has 0 aromatic carbocycles. The van der Waals surface area contributed by atoms with E-state index in [1.54, 1.807) is 4.90 Å². The van der Waals surface area contributed by atoms with Crippen LogP contribution in [0.3, 0.4) is 0 Å². The van der Waals surface area contributed by atoms with Crippen LogP contribution in [-0.4, -0.2) is 29.9 Å². The van der Waals surface area contributed by atoms with Gasteiger partial charge < -0.3 is 10.6 Å². The minimum absolute atomic E-state index is 0.150. The Balaban J connectivity index is 2.62. The second kappa shape index (κ2) is 5.02. The van der Waals surface area contributed by atoms with E-state index in [1.807, 2.05) is 0 Å². The van der Waals surface area contributed by atoms with Crippen molar-refractivity contribution in [2.75, 3.05) is 13.1 Å². The average Bonchev–Trinajstić information content (AvgIpc) is 2.27. The molecule has 1 fully saturated rings. The highest BCUT2D eigenvalue weighted by Crippen LogP contribution is 2.24. The Morgan fingerprint density at radius 2 is 2.43 bits per heavy atom. The lowest BCUT2D eigenvalue weighted by atomic mass is 9.89. The summed E-state index contributed by atoms with van der Waals surface area (Å²) in [4.78, 5) is 13.1. The zero-order valence-corrected chi connectivity index (χ0v) is 8.70. The highest BCUT2D eigenvalue weighted by atomic mass is 16.2. The molecule has 1 rings (SSSR count). The van der Waals surface area contributed by atoms with E-state index < -0.39 is 0 Å². The molecule has 1 aliphatic heterocycles. The van der Waals surface area contributed by atoms with Gasteiger partial charge in [-0.3, -0.25) is 4.79 Å². The number of carbonyl (C=O) groups excluding carboxylic acids is 1. The van der Waals surface area contributed by atoms with Gasteiger partial charge in [0.05, 0.1) is 0 Å². The molecule has 78 valence electrons. The predicted molar refractivity (Wildman–Crippen MR) is 56.4 cm³/mol. The summed E-state index contributed by atoms with van der Waals surface area (Å²) in [5, 5.41) is 0. The fourth-order valence-corrected chi connectivity index (χ4v) is 2.08. The van der Waals surface area contributed by atoms with E-state index in [9.17, 15) is 4.79 Å². The lowest BCUT2D eigenvalue weighted by Crippen LogP contribution is -2.49. The van der Waals surface area contributed by atoms with Gasteiger partial charge in [-0.05, 0) is 24.7 Å². The Bertz CT molecular complexity index is 244. The van der Waals surface area contributed by atoms with Crippen LogP contribution in [0.4, 0.5) is 0 Å². The van der Waals surface area contributed by atoms with E-state index in [2.05, 4.69) is 12.8 Å². The van der Waals surface area contributed by atoms with Gasteiger partial charge >= 0.3 is 0 Å². The van der Waals surface area contributed by atoms with Crippen molar-refractivity contribution in [1.82, 2.24) is 4.90 Å². The molecule has 2 atom stereocenters. The van der Waals surface area contributed by atoms with Crippen LogP contribution in [0.1, 0.15) is 26.2 Å². The van der Waals surface area contributed by atoms with Gasteiger partial charge in [0.25, 0.3) is 5.91 Å². The summed E-state index contributed by atoms with van der Waals surface area (Å²) in [6, 6.07) is 0.150. The van der Waals surface area contributed by atoms with Gasteiger partial charge in [-0.25, -0.2) is 0 Å². The quantitative estimate of drug-likeness (QED) is 0.654. The largest absolute Gasteiger partial charge is 0.328 e.